The van der Waals surface area contributed by atoms with Gasteiger partial charge in [-0.3, -0.25) is 31.2 Å². The van der Waals surface area contributed by atoms with Crippen molar-refractivity contribution in [2.75, 3.05) is 143 Å². The van der Waals surface area contributed by atoms with Crippen LogP contribution in [0.4, 0.5) is 56.9 Å². The molecule has 4 unspecified atom stereocenters. The van der Waals surface area contributed by atoms with Crippen LogP contribution in [0.2, 0.25) is 5.02 Å². The molecule has 0 aromatic heterocycles. The normalized spacial score (nSPS) is 22.1. The summed E-state index contributed by atoms with van der Waals surface area (Å²) in [5.74, 6) is 2.89. The monoisotopic (exact) mass is 2130 g/mol. The summed E-state index contributed by atoms with van der Waals surface area (Å²) < 4.78 is 110. The van der Waals surface area contributed by atoms with Gasteiger partial charge in [-0.15, -0.1) is 0 Å². The highest BCUT2D eigenvalue weighted by molar-refractivity contribution is 7.90. The minimum atomic E-state index is -3.34. The number of hydrogen-bond donors (Lipinski definition) is 10. The molecule has 0 bridgehead atoms. The van der Waals surface area contributed by atoms with Crippen molar-refractivity contribution < 1.29 is 62.6 Å². The van der Waals surface area contributed by atoms with Crippen LogP contribution in [-0.2, 0) is 63.9 Å². The van der Waals surface area contributed by atoms with Crippen molar-refractivity contribution in [3.05, 3.63) is 155 Å². The number of carbonyl (C=O) groups excluding carboxylic acids is 3. The Labute approximate surface area is 885 Å². The van der Waals surface area contributed by atoms with Gasteiger partial charge >= 0.3 is 0 Å². The van der Waals surface area contributed by atoms with Gasteiger partial charge in [0.05, 0.1) is 34.8 Å². The number of amides is 3. The quantitative estimate of drug-likeness (QED) is 0.0199. The molecule has 3 amide bonds. The number of hydrogen-bond acceptors (Lipinski definition) is 26. The van der Waals surface area contributed by atoms with Crippen LogP contribution in [0.1, 0.15) is 299 Å². The smallest absolute Gasteiger partial charge is 0.266 e. The number of imide groups is 1. The number of halogens is 1. The first-order valence-corrected chi connectivity index (χ1v) is 58.6. The summed E-state index contributed by atoms with van der Waals surface area (Å²) in [5, 5.41) is 18.1. The molecule has 6 aromatic rings. The third-order valence-electron chi connectivity index (χ3n) is 27.4. The molecule has 3 heterocycles. The van der Waals surface area contributed by atoms with Crippen LogP contribution in [0.5, 0.6) is 0 Å². The molecule has 35 heteroatoms. The third-order valence-corrected chi connectivity index (χ3v) is 33.8. The molecule has 145 heavy (non-hydrogen) atoms. The second kappa shape index (κ2) is 61.9. The maximum atomic E-state index is 12.9. The number of rotatable bonds is 24. The Hall–Kier alpha value is -7.23. The zero-order valence-corrected chi connectivity index (χ0v) is 95.4. The van der Waals surface area contributed by atoms with Gasteiger partial charge in [-0.1, -0.05) is 11.6 Å². The predicted molar refractivity (Wildman–Crippen MR) is 606 cm³/mol. The fourth-order valence-electron chi connectivity index (χ4n) is 17.1. The van der Waals surface area contributed by atoms with E-state index in [1.807, 2.05) is 43.3 Å². The maximum absolute atomic E-state index is 12.9. The van der Waals surface area contributed by atoms with Crippen molar-refractivity contribution in [1.29, 1.82) is 0 Å². The average molecular weight is 2130 g/mol. The molecule has 29 nitrogen and oxygen atoms in total. The number of carbonyl (C=O) groups is 3. The molecule has 14 N–H and O–H groups in total. The van der Waals surface area contributed by atoms with E-state index in [0.717, 1.165) is 157 Å². The van der Waals surface area contributed by atoms with Crippen LogP contribution < -0.4 is 78.7 Å². The summed E-state index contributed by atoms with van der Waals surface area (Å²) in [6, 6.07) is 46.7. The van der Waals surface area contributed by atoms with Crippen LogP contribution in [0.15, 0.2) is 133 Å². The summed E-state index contributed by atoms with van der Waals surface area (Å²) in [7, 11) is -1.55. The van der Waals surface area contributed by atoms with Crippen molar-refractivity contribution >= 4 is 141 Å². The molecule has 818 valence electrons. The van der Waals surface area contributed by atoms with Crippen LogP contribution in [0.25, 0.3) is 0 Å². The molecule has 7 fully saturated rings. The highest BCUT2D eigenvalue weighted by Gasteiger charge is 2.39. The number of fused-ring (bicyclic) bond motifs is 1. The number of piperidine rings is 1. The first-order chi connectivity index (χ1) is 68.0. The summed E-state index contributed by atoms with van der Waals surface area (Å²) in [6.07, 6.45) is 27.1. The van der Waals surface area contributed by atoms with E-state index in [1.165, 1.54) is 167 Å². The van der Waals surface area contributed by atoms with Gasteiger partial charge in [0.15, 0.2) is 0 Å². The molecule has 3 aliphatic heterocycles. The molecule has 6 aromatic carbocycles. The number of nitrogens with zero attached hydrogens (tertiary/aromatic N) is 5. The lowest BCUT2D eigenvalue weighted by Gasteiger charge is -2.31. The Kier molecular flexibility index (Phi) is 54.0. The van der Waals surface area contributed by atoms with E-state index in [4.69, 9.17) is 39.3 Å². The first kappa shape index (κ1) is 126. The number of benzene rings is 6. The highest BCUT2D eigenvalue weighted by atomic mass is 35.5. The number of ether oxygens (including phenoxy) is 1. The lowest BCUT2D eigenvalue weighted by atomic mass is 9.86. The van der Waals surface area contributed by atoms with Crippen LogP contribution in [0, 0.1) is 36.5 Å². The standard InChI is InChI=1S/C26H32ClN3O4S.C18H29N3.C17H27N3O.C17H29N3.C16H25N3O.4C4H10O2S/c1-16-13-20(28-15-17-5-8-19(9-6-17)29-35(33,34)26(2,3)4)10-12-23(16)30-24(31)21-11-7-18(27)14-22(21)25(30)32;19-16-6-4-15(5-7-16)14-20-17-8-10-18(11-9-17)21-12-2-1-3-13-21;18-15-3-1-14(2-4-15)13-19-16-5-7-17(8-6-16)20-9-11-21-12-10-20;1-3-20(4-2)17-11-9-16(10-12-17)19-13-14-5-7-15(18)8-6-14;1-12(20)19(2)16-9-7-15(8-10-16)18-11-13-3-5-14(17)6-4-13;4*1-4(2,3)7(5)6/h7,10-14,17,19,28-29H,5-6,8-9,15H2,1-4H3;8-11,15-16,20H,1-7,12-14,19H2;5-8,14-15,19H,1-4,9-13,18H2;9-12,14-15,19H,3-8,13,18H2,1-2H3;7-10,13-14,18H,3-6,11,17H2,1-2H3;4*1-3H3,(H,5,6)/p-4. The third kappa shape index (κ3) is 46.2. The zero-order chi connectivity index (χ0) is 108. The predicted octanol–water partition coefficient (Wildman–Crippen LogP) is 19.9. The summed E-state index contributed by atoms with van der Waals surface area (Å²) in [4.78, 5) is 47.1. The highest BCUT2D eigenvalue weighted by Crippen LogP contribution is 2.37. The van der Waals surface area contributed by atoms with Gasteiger partial charge in [0.2, 0.25) is 15.9 Å². The van der Waals surface area contributed by atoms with Crippen molar-refractivity contribution in [3.8, 4) is 0 Å². The summed E-state index contributed by atoms with van der Waals surface area (Å²) in [5.41, 5.74) is 36.5. The molecule has 14 rings (SSSR count). The van der Waals surface area contributed by atoms with E-state index in [1.54, 1.807) is 141 Å². The molecular weight excluding hydrogens is 1950 g/mol. The SMILES string of the molecule is CC(=O)N(C)c1ccc(NCC2CCC(N)CC2)cc1.CC(C)(C)S(=O)[O-].CC(C)(C)S(=O)[O-].CC(C)(C)S(=O)[O-].CC(C)(C)S(=O)[O-].CCN(CC)c1ccc(NCC2CCC(N)CC2)cc1.Cc1cc(NCC2CCC(NS(=O)(=O)C(C)(C)C)CC2)ccc1N1C(=O)c2ccc(Cl)cc2C1=O.NC1CCC(CNc2ccc(N3CCCCC3)cc2)CC1.NC1CCC(CNc2ccc(N3CCOCC3)cc2)CC1. The van der Waals surface area contributed by atoms with Gasteiger partial charge in [0.25, 0.3) is 11.8 Å². The Morgan fingerprint density at radius 3 is 1.03 bits per heavy atom. The Morgan fingerprint density at radius 1 is 0.421 bits per heavy atom. The number of anilines is 10. The van der Waals surface area contributed by atoms with Crippen molar-refractivity contribution in [2.45, 2.75) is 333 Å². The van der Waals surface area contributed by atoms with E-state index in [0.29, 0.717) is 51.9 Å². The Morgan fingerprint density at radius 2 is 0.717 bits per heavy atom. The number of nitrogens with one attached hydrogen (secondary N) is 6. The number of nitrogens with two attached hydrogens (primary N) is 4. The van der Waals surface area contributed by atoms with Gasteiger partial charge in [-0.05, 0) is 485 Å². The Bertz CT molecular complexity index is 4830. The van der Waals surface area contributed by atoms with Crippen LogP contribution in [0.3, 0.4) is 0 Å². The average Bonchev–Trinajstić information content (AvgIpc) is 1.61. The first-order valence-electron chi connectivity index (χ1n) is 52.4. The van der Waals surface area contributed by atoms with Gasteiger partial charge in [-0.25, -0.2) is 18.0 Å². The van der Waals surface area contributed by atoms with E-state index < -0.39 is 78.1 Å². The topological polar surface area (TPSA) is 448 Å². The number of morpholine rings is 1. The minimum Gasteiger partial charge on any atom is -0.772 e. The zero-order valence-electron chi connectivity index (χ0n) is 90.6. The van der Waals surface area contributed by atoms with E-state index in [2.05, 4.69) is 133 Å². The molecule has 0 radical (unpaired) electrons. The molecule has 5 saturated carbocycles. The molecular formula is C110H178ClN15O14S5-4. The van der Waals surface area contributed by atoms with Crippen LogP contribution >= 0.6 is 11.6 Å². The van der Waals surface area contributed by atoms with E-state index in [9.17, 15) is 57.8 Å². The van der Waals surface area contributed by atoms with E-state index in [-0.39, 0.29) is 23.8 Å². The second-order valence-corrected chi connectivity index (χ2v) is 54.3. The lowest BCUT2D eigenvalue weighted by molar-refractivity contribution is -0.116. The van der Waals surface area contributed by atoms with Crippen molar-refractivity contribution in [3.63, 3.8) is 0 Å². The van der Waals surface area contributed by atoms with Gasteiger partial charge in [0, 0.05) is 191 Å². The fourth-order valence-corrected chi connectivity index (χ4v) is 18.3. The molecule has 2 saturated heterocycles. The lowest BCUT2D eigenvalue weighted by Crippen LogP contribution is -2.46. The minimum absolute atomic E-state index is 0.00783. The fraction of sp³-hybridized carbons (Fsp3) is 0.645. The van der Waals surface area contributed by atoms with Gasteiger partial charge in [-0.2, -0.15) is 0 Å². The maximum Gasteiger partial charge on any atom is 0.266 e. The number of sulfonamides is 1. The van der Waals surface area contributed by atoms with Crippen LogP contribution in [-0.4, -0.2) is 207 Å². The number of aryl methyl sites for hydroxylation is 1. The summed E-state index contributed by atoms with van der Waals surface area (Å²) >= 11 is -1.72. The molecule has 4 atom stereocenters. The summed E-state index contributed by atoms with van der Waals surface area (Å²) in [6.45, 7) is 46.0. The molecule has 0 spiro atoms. The molecule has 5 aliphatic carbocycles. The van der Waals surface area contributed by atoms with Gasteiger partial charge in [0.1, 0.15) is 0 Å². The van der Waals surface area contributed by atoms with E-state index >= 15 is 0 Å². The Balaban J connectivity index is 0.000000263. The van der Waals surface area contributed by atoms with Crippen molar-refractivity contribution in [1.82, 2.24) is 4.72 Å². The largest absolute Gasteiger partial charge is 0.772 e. The molecule has 8 aliphatic rings. The van der Waals surface area contributed by atoms with Crippen molar-refractivity contribution in [2.24, 2.45) is 52.5 Å². The van der Waals surface area contributed by atoms with Gasteiger partial charge < -0.3 is 92.1 Å². The second-order valence-electron chi connectivity index (χ2n) is 44.6.